The number of halogens is 1. The summed E-state index contributed by atoms with van der Waals surface area (Å²) in [5.74, 6) is -0.695. The van der Waals surface area contributed by atoms with Crippen LogP contribution in [0.15, 0.2) is 66.0 Å². The van der Waals surface area contributed by atoms with Crippen molar-refractivity contribution >= 4 is 54.8 Å². The molecule has 0 aliphatic heterocycles. The number of nitrogens with one attached hydrogen (secondary N) is 1. The average Bonchev–Trinajstić information content (AvgIpc) is 3.37. The highest BCUT2D eigenvalue weighted by molar-refractivity contribution is 7.22. The number of pyridine rings is 1. The molecule has 0 radical (unpaired) electrons. The van der Waals surface area contributed by atoms with Crippen molar-refractivity contribution in [3.05, 3.63) is 77.4 Å². The van der Waals surface area contributed by atoms with Gasteiger partial charge in [0.15, 0.2) is 5.13 Å². The number of aromatic nitrogens is 2. The van der Waals surface area contributed by atoms with Crippen LogP contribution in [-0.4, -0.2) is 15.9 Å². The molecular formula is C21H12FN3OS2. The Hall–Kier alpha value is -3.16. The number of thiazole rings is 1. The van der Waals surface area contributed by atoms with E-state index < -0.39 is 5.82 Å². The largest absolute Gasteiger partial charge is 0.298 e. The van der Waals surface area contributed by atoms with E-state index in [4.69, 9.17) is 0 Å². The van der Waals surface area contributed by atoms with Gasteiger partial charge in [-0.15, -0.1) is 11.3 Å². The third-order valence-corrected chi connectivity index (χ3v) is 6.15. The predicted octanol–water partition coefficient (Wildman–Crippen LogP) is 5.96. The summed E-state index contributed by atoms with van der Waals surface area (Å²) in [4.78, 5) is 22.9. The Labute approximate surface area is 167 Å². The molecule has 0 fully saturated rings. The maximum atomic E-state index is 13.9. The molecule has 0 saturated heterocycles. The first-order chi connectivity index (χ1) is 13.7. The number of carbonyl (C=O) groups is 1. The number of nitrogens with zero attached hydrogens (tertiary/aromatic N) is 2. The molecule has 0 bridgehead atoms. The minimum atomic E-state index is -0.399. The fourth-order valence-corrected chi connectivity index (χ4v) is 4.61. The summed E-state index contributed by atoms with van der Waals surface area (Å²) in [7, 11) is 0. The molecule has 0 unspecified atom stereocenters. The first-order valence-corrected chi connectivity index (χ1v) is 10.2. The monoisotopic (exact) mass is 405 g/mol. The van der Waals surface area contributed by atoms with Crippen molar-refractivity contribution in [1.82, 2.24) is 9.97 Å². The van der Waals surface area contributed by atoms with E-state index in [2.05, 4.69) is 15.3 Å². The number of amides is 1. The van der Waals surface area contributed by atoms with Crippen LogP contribution in [0.5, 0.6) is 0 Å². The van der Waals surface area contributed by atoms with Crippen molar-refractivity contribution in [2.24, 2.45) is 0 Å². The van der Waals surface area contributed by atoms with Gasteiger partial charge in [-0.1, -0.05) is 41.7 Å². The number of hydrogen-bond donors (Lipinski definition) is 1. The maximum Gasteiger partial charge on any atom is 0.258 e. The molecule has 2 aromatic carbocycles. The number of carbonyl (C=O) groups excluding carboxylic acids is 1. The van der Waals surface area contributed by atoms with Crippen molar-refractivity contribution in [1.29, 1.82) is 0 Å². The summed E-state index contributed by atoms with van der Waals surface area (Å²) in [6, 6.07) is 18.0. The summed E-state index contributed by atoms with van der Waals surface area (Å²) < 4.78 is 14.6. The van der Waals surface area contributed by atoms with Gasteiger partial charge in [0.05, 0.1) is 26.4 Å². The lowest BCUT2D eigenvalue weighted by Gasteiger charge is -2.08. The smallest absolute Gasteiger partial charge is 0.258 e. The molecule has 4 nitrogen and oxygen atoms in total. The van der Waals surface area contributed by atoms with Crippen LogP contribution < -0.4 is 5.32 Å². The Morgan fingerprint density at radius 2 is 1.89 bits per heavy atom. The number of anilines is 1. The fraction of sp³-hybridized carbons (Fsp3) is 0. The van der Waals surface area contributed by atoms with E-state index in [1.165, 1.54) is 17.4 Å². The van der Waals surface area contributed by atoms with Gasteiger partial charge in [0.25, 0.3) is 5.91 Å². The number of rotatable bonds is 3. The second-order valence-corrected chi connectivity index (χ2v) is 8.09. The zero-order valence-corrected chi connectivity index (χ0v) is 16.0. The van der Waals surface area contributed by atoms with Crippen molar-refractivity contribution in [3.8, 4) is 10.6 Å². The fourth-order valence-electron chi connectivity index (χ4n) is 3.05. The van der Waals surface area contributed by atoms with E-state index in [1.54, 1.807) is 29.5 Å². The van der Waals surface area contributed by atoms with Gasteiger partial charge in [0.1, 0.15) is 11.3 Å². The Bertz CT molecular complexity index is 1330. The summed E-state index contributed by atoms with van der Waals surface area (Å²) in [5.41, 5.74) is 2.26. The van der Waals surface area contributed by atoms with E-state index in [-0.39, 0.29) is 11.4 Å². The second kappa shape index (κ2) is 6.78. The molecule has 5 aromatic rings. The quantitative estimate of drug-likeness (QED) is 0.403. The Kier molecular flexibility index (Phi) is 4.11. The summed E-state index contributed by atoms with van der Waals surface area (Å²) in [5, 5.41) is 5.91. The highest BCUT2D eigenvalue weighted by Gasteiger charge is 2.16. The van der Waals surface area contributed by atoms with Crippen LogP contribution in [0.4, 0.5) is 9.52 Å². The molecule has 136 valence electrons. The van der Waals surface area contributed by atoms with Gasteiger partial charge < -0.3 is 0 Å². The van der Waals surface area contributed by atoms with Crippen LogP contribution in [0, 0.1) is 5.82 Å². The molecule has 0 aliphatic carbocycles. The molecule has 3 aromatic heterocycles. The van der Waals surface area contributed by atoms with E-state index in [0.29, 0.717) is 15.4 Å². The summed E-state index contributed by atoms with van der Waals surface area (Å²) in [6.07, 6.45) is 0. The second-order valence-electron chi connectivity index (χ2n) is 6.11. The van der Waals surface area contributed by atoms with Crippen LogP contribution >= 0.6 is 22.7 Å². The summed E-state index contributed by atoms with van der Waals surface area (Å²) in [6.45, 7) is 0. The van der Waals surface area contributed by atoms with Crippen molar-refractivity contribution in [3.63, 3.8) is 0 Å². The van der Waals surface area contributed by atoms with Gasteiger partial charge in [0.2, 0.25) is 0 Å². The van der Waals surface area contributed by atoms with Gasteiger partial charge in [-0.2, -0.15) is 0 Å². The maximum absolute atomic E-state index is 13.9. The standard InChI is InChI=1S/C21H12FN3OS2/c22-14-6-3-8-18-19(14)24-21(28-18)25-20(26)13-11-16(17-9-4-10-27-17)23-15-7-2-1-5-12(13)15/h1-11H,(H,24,25,26). The van der Waals surface area contributed by atoms with Gasteiger partial charge in [0, 0.05) is 5.39 Å². The molecule has 0 atom stereocenters. The Balaban J connectivity index is 1.59. The molecule has 0 saturated carbocycles. The van der Waals surface area contributed by atoms with Crippen molar-refractivity contribution in [2.45, 2.75) is 0 Å². The summed E-state index contributed by atoms with van der Waals surface area (Å²) >= 11 is 2.81. The SMILES string of the molecule is O=C(Nc1nc2c(F)cccc2s1)c1cc(-c2cccs2)nc2ccccc12. The van der Waals surface area contributed by atoms with Crippen LogP contribution in [0.25, 0.3) is 31.7 Å². The number of benzene rings is 2. The number of para-hydroxylation sites is 2. The molecule has 0 aliphatic rings. The minimum absolute atomic E-state index is 0.265. The van der Waals surface area contributed by atoms with E-state index in [9.17, 15) is 9.18 Å². The number of fused-ring (bicyclic) bond motifs is 2. The zero-order valence-electron chi connectivity index (χ0n) is 14.3. The normalized spacial score (nSPS) is 11.2. The Morgan fingerprint density at radius 3 is 2.71 bits per heavy atom. The molecule has 0 spiro atoms. The van der Waals surface area contributed by atoms with Gasteiger partial charge in [-0.3, -0.25) is 10.1 Å². The van der Waals surface area contributed by atoms with E-state index in [0.717, 1.165) is 21.5 Å². The third-order valence-electron chi connectivity index (χ3n) is 4.32. The molecule has 7 heteroatoms. The van der Waals surface area contributed by atoms with Crippen LogP contribution in [0.2, 0.25) is 0 Å². The van der Waals surface area contributed by atoms with Crippen LogP contribution in [-0.2, 0) is 0 Å². The lowest BCUT2D eigenvalue weighted by atomic mass is 10.1. The number of thiophene rings is 1. The number of hydrogen-bond acceptors (Lipinski definition) is 5. The first-order valence-electron chi connectivity index (χ1n) is 8.49. The molecule has 1 N–H and O–H groups in total. The van der Waals surface area contributed by atoms with Gasteiger partial charge >= 0.3 is 0 Å². The third kappa shape index (κ3) is 2.94. The average molecular weight is 405 g/mol. The molecule has 3 heterocycles. The minimum Gasteiger partial charge on any atom is -0.298 e. The van der Waals surface area contributed by atoms with Crippen molar-refractivity contribution in [2.75, 3.05) is 5.32 Å². The van der Waals surface area contributed by atoms with E-state index in [1.807, 2.05) is 41.8 Å². The molecular weight excluding hydrogens is 393 g/mol. The predicted molar refractivity (Wildman–Crippen MR) is 113 cm³/mol. The molecule has 1 amide bonds. The Morgan fingerprint density at radius 1 is 1.00 bits per heavy atom. The highest BCUT2D eigenvalue weighted by Crippen LogP contribution is 2.30. The van der Waals surface area contributed by atoms with Crippen molar-refractivity contribution < 1.29 is 9.18 Å². The first kappa shape index (κ1) is 17.0. The van der Waals surface area contributed by atoms with Crippen LogP contribution in [0.1, 0.15) is 10.4 Å². The topological polar surface area (TPSA) is 54.9 Å². The zero-order chi connectivity index (χ0) is 19.1. The molecule has 28 heavy (non-hydrogen) atoms. The van der Waals surface area contributed by atoms with Gasteiger partial charge in [-0.25, -0.2) is 14.4 Å². The highest BCUT2D eigenvalue weighted by atomic mass is 32.1. The van der Waals surface area contributed by atoms with Gasteiger partial charge in [-0.05, 0) is 35.7 Å². The lowest BCUT2D eigenvalue weighted by Crippen LogP contribution is -2.12. The lowest BCUT2D eigenvalue weighted by molar-refractivity contribution is 0.102. The van der Waals surface area contributed by atoms with Crippen LogP contribution in [0.3, 0.4) is 0 Å². The van der Waals surface area contributed by atoms with E-state index >= 15 is 0 Å². The molecule has 5 rings (SSSR count).